The fourth-order valence-corrected chi connectivity index (χ4v) is 3.86. The van der Waals surface area contributed by atoms with Crippen LogP contribution in [0.15, 0.2) is 66.7 Å². The zero-order valence-electron chi connectivity index (χ0n) is 15.1. The number of thioether (sulfide) groups is 1. The summed E-state index contributed by atoms with van der Waals surface area (Å²) in [5.74, 6) is 0.176. The molecule has 0 saturated heterocycles. The quantitative estimate of drug-likeness (QED) is 0.639. The summed E-state index contributed by atoms with van der Waals surface area (Å²) in [5.41, 5.74) is 2.21. The summed E-state index contributed by atoms with van der Waals surface area (Å²) < 4.78 is 0. The highest BCUT2D eigenvalue weighted by molar-refractivity contribution is 7.99. The highest BCUT2D eigenvalue weighted by Crippen LogP contribution is 2.27. The van der Waals surface area contributed by atoms with E-state index in [1.807, 2.05) is 54.3 Å². The molecule has 0 aliphatic carbocycles. The van der Waals surface area contributed by atoms with Gasteiger partial charge in [0.2, 0.25) is 5.91 Å². The third-order valence-electron chi connectivity index (χ3n) is 4.37. The third kappa shape index (κ3) is 4.49. The number of carbonyl (C=O) groups is 2. The average Bonchev–Trinajstić information content (AvgIpc) is 2.69. The summed E-state index contributed by atoms with van der Waals surface area (Å²) >= 11 is 1.53. The number of aromatic carboxylic acids is 1. The molecule has 3 aromatic rings. The van der Waals surface area contributed by atoms with Gasteiger partial charge in [-0.25, -0.2) is 4.79 Å². The number of rotatable bonds is 7. The van der Waals surface area contributed by atoms with E-state index in [2.05, 4.69) is 0 Å². The van der Waals surface area contributed by atoms with Crippen LogP contribution in [0.1, 0.15) is 22.8 Å². The van der Waals surface area contributed by atoms with Gasteiger partial charge in [0.25, 0.3) is 0 Å². The summed E-state index contributed by atoms with van der Waals surface area (Å²) in [4.78, 5) is 25.5. The molecule has 0 heterocycles. The number of benzene rings is 3. The van der Waals surface area contributed by atoms with Gasteiger partial charge in [0.15, 0.2) is 0 Å². The van der Waals surface area contributed by atoms with Crippen molar-refractivity contribution in [3.8, 4) is 0 Å². The second-order valence-corrected chi connectivity index (χ2v) is 7.12. The number of fused-ring (bicyclic) bond motifs is 1. The highest BCUT2D eigenvalue weighted by atomic mass is 32.2. The summed E-state index contributed by atoms with van der Waals surface area (Å²) in [6.45, 7) is 2.59. The SMILES string of the molecule is CCN(C(=O)CSCc1ccc(C(=O)O)cc1)c1cccc2ccccc12. The molecule has 1 amide bonds. The molecule has 3 rings (SSSR count). The van der Waals surface area contributed by atoms with Crippen molar-refractivity contribution in [2.75, 3.05) is 17.2 Å². The van der Waals surface area contributed by atoms with Crippen LogP contribution >= 0.6 is 11.8 Å². The van der Waals surface area contributed by atoms with E-state index in [9.17, 15) is 9.59 Å². The van der Waals surface area contributed by atoms with Gasteiger partial charge in [-0.2, -0.15) is 0 Å². The van der Waals surface area contributed by atoms with Gasteiger partial charge < -0.3 is 10.0 Å². The molecule has 0 fully saturated rings. The van der Waals surface area contributed by atoms with Gasteiger partial charge in [-0.05, 0) is 36.1 Å². The van der Waals surface area contributed by atoms with Gasteiger partial charge in [0.1, 0.15) is 0 Å². The second kappa shape index (κ2) is 8.73. The molecule has 1 N–H and O–H groups in total. The molecular formula is C22H21NO3S. The molecule has 27 heavy (non-hydrogen) atoms. The van der Waals surface area contributed by atoms with E-state index in [1.165, 1.54) is 11.8 Å². The Hall–Kier alpha value is -2.79. The smallest absolute Gasteiger partial charge is 0.335 e. The lowest BCUT2D eigenvalue weighted by molar-refractivity contribution is -0.116. The van der Waals surface area contributed by atoms with Crippen molar-refractivity contribution >= 4 is 40.1 Å². The molecule has 0 bridgehead atoms. The van der Waals surface area contributed by atoms with Crippen LogP contribution in [0.25, 0.3) is 10.8 Å². The first-order valence-corrected chi connectivity index (χ1v) is 9.93. The monoisotopic (exact) mass is 379 g/mol. The van der Waals surface area contributed by atoms with Crippen LogP contribution in [-0.2, 0) is 10.5 Å². The molecule has 0 aromatic heterocycles. The Morgan fingerprint density at radius 3 is 2.37 bits per heavy atom. The minimum atomic E-state index is -0.932. The number of amides is 1. The largest absolute Gasteiger partial charge is 0.478 e. The van der Waals surface area contributed by atoms with E-state index < -0.39 is 5.97 Å². The molecule has 0 saturated carbocycles. The molecule has 3 aromatic carbocycles. The topological polar surface area (TPSA) is 57.6 Å². The average molecular weight is 379 g/mol. The molecule has 0 radical (unpaired) electrons. The van der Waals surface area contributed by atoms with Crippen LogP contribution in [0.4, 0.5) is 5.69 Å². The number of nitrogens with zero attached hydrogens (tertiary/aromatic N) is 1. The van der Waals surface area contributed by atoms with Crippen molar-refractivity contribution in [2.45, 2.75) is 12.7 Å². The lowest BCUT2D eigenvalue weighted by atomic mass is 10.1. The lowest BCUT2D eigenvalue weighted by Crippen LogP contribution is -2.32. The Labute approximate surface area is 162 Å². The van der Waals surface area contributed by atoms with Crippen LogP contribution in [-0.4, -0.2) is 29.3 Å². The normalized spacial score (nSPS) is 10.7. The summed E-state index contributed by atoms with van der Waals surface area (Å²) in [6, 6.07) is 20.9. The Morgan fingerprint density at radius 2 is 1.67 bits per heavy atom. The van der Waals surface area contributed by atoms with Crippen molar-refractivity contribution in [1.29, 1.82) is 0 Å². The van der Waals surface area contributed by atoms with Gasteiger partial charge in [-0.1, -0.05) is 48.5 Å². The molecule has 0 atom stereocenters. The van der Waals surface area contributed by atoms with Gasteiger partial charge in [-0.15, -0.1) is 11.8 Å². The molecule has 0 aliphatic rings. The Kier molecular flexibility index (Phi) is 6.14. The maximum atomic E-state index is 12.8. The van der Waals surface area contributed by atoms with Crippen LogP contribution < -0.4 is 4.90 Å². The Balaban J connectivity index is 1.66. The van der Waals surface area contributed by atoms with Gasteiger partial charge in [0.05, 0.1) is 17.0 Å². The molecule has 138 valence electrons. The first-order valence-electron chi connectivity index (χ1n) is 8.78. The first kappa shape index (κ1) is 19.0. The zero-order chi connectivity index (χ0) is 19.2. The number of carboxylic acid groups (broad SMARTS) is 1. The predicted octanol–water partition coefficient (Wildman–Crippen LogP) is 4.82. The number of hydrogen-bond donors (Lipinski definition) is 1. The van der Waals surface area contributed by atoms with E-state index in [1.54, 1.807) is 24.3 Å². The van der Waals surface area contributed by atoms with Gasteiger partial charge in [-0.3, -0.25) is 4.79 Å². The van der Waals surface area contributed by atoms with E-state index in [4.69, 9.17) is 5.11 Å². The van der Waals surface area contributed by atoms with Gasteiger partial charge in [0, 0.05) is 17.7 Å². The summed E-state index contributed by atoms with van der Waals surface area (Å²) in [6.07, 6.45) is 0. The number of anilines is 1. The minimum Gasteiger partial charge on any atom is -0.478 e. The van der Waals surface area contributed by atoms with Crippen LogP contribution in [0, 0.1) is 0 Å². The van der Waals surface area contributed by atoms with E-state index in [0.717, 1.165) is 22.0 Å². The molecule has 0 unspecified atom stereocenters. The fraction of sp³-hybridized carbons (Fsp3) is 0.182. The summed E-state index contributed by atoms with van der Waals surface area (Å²) in [5, 5.41) is 11.1. The van der Waals surface area contributed by atoms with Crippen molar-refractivity contribution < 1.29 is 14.7 Å². The van der Waals surface area contributed by atoms with E-state index >= 15 is 0 Å². The first-order chi connectivity index (χ1) is 13.1. The van der Waals surface area contributed by atoms with Gasteiger partial charge >= 0.3 is 5.97 Å². The molecule has 5 heteroatoms. The molecule has 0 aliphatic heterocycles. The minimum absolute atomic E-state index is 0.0704. The molecular weight excluding hydrogens is 358 g/mol. The predicted molar refractivity (Wildman–Crippen MR) is 112 cm³/mol. The summed E-state index contributed by atoms with van der Waals surface area (Å²) in [7, 11) is 0. The lowest BCUT2D eigenvalue weighted by Gasteiger charge is -2.22. The Bertz CT molecular complexity index is 948. The van der Waals surface area contributed by atoms with Crippen molar-refractivity contribution in [3.63, 3.8) is 0 Å². The second-order valence-electron chi connectivity index (χ2n) is 6.13. The zero-order valence-corrected chi connectivity index (χ0v) is 15.9. The van der Waals surface area contributed by atoms with Crippen molar-refractivity contribution in [3.05, 3.63) is 77.9 Å². The van der Waals surface area contributed by atoms with Crippen LogP contribution in [0.5, 0.6) is 0 Å². The van der Waals surface area contributed by atoms with Crippen LogP contribution in [0.3, 0.4) is 0 Å². The van der Waals surface area contributed by atoms with Crippen molar-refractivity contribution in [1.82, 2.24) is 0 Å². The fourth-order valence-electron chi connectivity index (χ4n) is 3.00. The standard InChI is InChI=1S/C22H21NO3S/c1-2-23(20-9-5-7-17-6-3-4-8-19(17)20)21(24)15-27-14-16-10-12-18(13-11-16)22(25)26/h3-13H,2,14-15H2,1H3,(H,25,26). The van der Waals surface area contributed by atoms with Crippen LogP contribution in [0.2, 0.25) is 0 Å². The Morgan fingerprint density at radius 1 is 0.963 bits per heavy atom. The van der Waals surface area contributed by atoms with E-state index in [0.29, 0.717) is 18.1 Å². The highest BCUT2D eigenvalue weighted by Gasteiger charge is 2.16. The molecule has 0 spiro atoms. The number of carbonyl (C=O) groups excluding carboxylic acids is 1. The molecule has 4 nitrogen and oxygen atoms in total. The van der Waals surface area contributed by atoms with Crippen molar-refractivity contribution in [2.24, 2.45) is 0 Å². The maximum Gasteiger partial charge on any atom is 0.335 e. The maximum absolute atomic E-state index is 12.8. The number of carboxylic acids is 1. The van der Waals surface area contributed by atoms with E-state index in [-0.39, 0.29) is 11.5 Å². The number of hydrogen-bond acceptors (Lipinski definition) is 3. The third-order valence-corrected chi connectivity index (χ3v) is 5.36.